The monoisotopic (exact) mass is 554 g/mol. The minimum absolute atomic E-state index is 0.0170. The van der Waals surface area contributed by atoms with Gasteiger partial charge in [0.05, 0.1) is 85.4 Å². The molecule has 0 radical (unpaired) electrons. The molecule has 0 heterocycles. The number of ketones is 1. The zero-order valence-electron chi connectivity index (χ0n) is 24.5. The van der Waals surface area contributed by atoms with Crippen LogP contribution in [0.5, 0.6) is 0 Å². The first-order chi connectivity index (χ1) is 19.0. The van der Waals surface area contributed by atoms with Crippen molar-refractivity contribution in [3.05, 3.63) is 0 Å². The molecule has 4 fully saturated rings. The third-order valence-corrected chi connectivity index (χ3v) is 10.6. The molecule has 8 heteroatoms. The first kappa shape index (κ1) is 31.3. The second-order valence-corrected chi connectivity index (χ2v) is 12.6. The molecule has 8 nitrogen and oxygen atoms in total. The summed E-state index contributed by atoms with van der Waals surface area (Å²) in [7, 11) is 0. The van der Waals surface area contributed by atoms with E-state index >= 15 is 0 Å². The predicted octanol–water partition coefficient (Wildman–Crippen LogP) is 4.06. The van der Waals surface area contributed by atoms with Crippen LogP contribution in [0.15, 0.2) is 0 Å². The molecular weight excluding hydrogens is 500 g/mol. The molecule has 4 saturated carbocycles. The SMILES string of the molecule is C[C@]12CC[C@H](OCCOCCOCCOCCOCCOCCO)C[C@@H]1CC[C@@H]1[C@@H]2CC[C@]2(C)C(=O)CC[C@@H]12. The van der Waals surface area contributed by atoms with Gasteiger partial charge in [-0.15, -0.1) is 0 Å². The van der Waals surface area contributed by atoms with Gasteiger partial charge in [-0.1, -0.05) is 13.8 Å². The molecule has 4 aliphatic rings. The maximum absolute atomic E-state index is 12.7. The topological polar surface area (TPSA) is 92.7 Å². The fraction of sp³-hybridized carbons (Fsp3) is 0.968. The molecule has 226 valence electrons. The van der Waals surface area contributed by atoms with Crippen LogP contribution < -0.4 is 0 Å². The van der Waals surface area contributed by atoms with E-state index in [1.54, 1.807) is 0 Å². The van der Waals surface area contributed by atoms with Crippen LogP contribution in [0.1, 0.15) is 71.6 Å². The van der Waals surface area contributed by atoms with Crippen molar-refractivity contribution in [2.24, 2.45) is 34.5 Å². The molecule has 0 aromatic rings. The summed E-state index contributed by atoms with van der Waals surface area (Å²) >= 11 is 0. The molecule has 0 aromatic carbocycles. The highest BCUT2D eigenvalue weighted by molar-refractivity contribution is 5.87. The van der Waals surface area contributed by atoms with Crippen molar-refractivity contribution in [2.75, 3.05) is 79.3 Å². The van der Waals surface area contributed by atoms with E-state index in [-0.39, 0.29) is 12.0 Å². The average Bonchev–Trinajstić information content (AvgIpc) is 3.24. The van der Waals surface area contributed by atoms with Crippen molar-refractivity contribution in [1.82, 2.24) is 0 Å². The molecule has 0 amide bonds. The van der Waals surface area contributed by atoms with Crippen LogP contribution in [0.25, 0.3) is 0 Å². The minimum atomic E-state index is -0.0170. The van der Waals surface area contributed by atoms with Gasteiger partial charge in [-0.2, -0.15) is 0 Å². The van der Waals surface area contributed by atoms with Crippen molar-refractivity contribution < 1.29 is 38.3 Å². The highest BCUT2D eigenvalue weighted by Gasteiger charge is 2.60. The number of ether oxygens (including phenoxy) is 6. The Balaban J connectivity index is 0.998. The molecule has 39 heavy (non-hydrogen) atoms. The normalized spacial score (nSPS) is 36.0. The van der Waals surface area contributed by atoms with Crippen LogP contribution in [0.3, 0.4) is 0 Å². The highest BCUT2D eigenvalue weighted by Crippen LogP contribution is 2.65. The Bertz CT molecular complexity index is 733. The van der Waals surface area contributed by atoms with Gasteiger partial charge in [-0.25, -0.2) is 0 Å². The average molecular weight is 555 g/mol. The number of rotatable bonds is 18. The quantitative estimate of drug-likeness (QED) is 0.254. The summed E-state index contributed by atoms with van der Waals surface area (Å²) in [5.41, 5.74) is 0.409. The molecule has 0 bridgehead atoms. The number of fused-ring (bicyclic) bond motifs is 5. The highest BCUT2D eigenvalue weighted by atomic mass is 16.6. The van der Waals surface area contributed by atoms with Crippen molar-refractivity contribution in [3.63, 3.8) is 0 Å². The number of aliphatic hydroxyl groups excluding tert-OH is 1. The van der Waals surface area contributed by atoms with Gasteiger partial charge in [0.2, 0.25) is 0 Å². The molecule has 0 aromatic heterocycles. The lowest BCUT2D eigenvalue weighted by Gasteiger charge is -2.60. The molecule has 7 atom stereocenters. The Morgan fingerprint density at radius 2 is 1.28 bits per heavy atom. The third kappa shape index (κ3) is 8.02. The van der Waals surface area contributed by atoms with Crippen LogP contribution in [-0.2, 0) is 33.2 Å². The molecule has 1 N–H and O–H groups in total. The lowest BCUT2D eigenvalue weighted by Crippen LogP contribution is -2.54. The van der Waals surface area contributed by atoms with Gasteiger partial charge in [-0.05, 0) is 80.5 Å². The molecule has 4 rings (SSSR count). The third-order valence-electron chi connectivity index (χ3n) is 10.6. The van der Waals surface area contributed by atoms with Crippen molar-refractivity contribution >= 4 is 5.78 Å². The zero-order chi connectivity index (χ0) is 27.6. The molecule has 0 aliphatic heterocycles. The Morgan fingerprint density at radius 3 is 1.90 bits per heavy atom. The Labute approximate surface area is 235 Å². The lowest BCUT2D eigenvalue weighted by molar-refractivity contribution is -0.146. The molecule has 0 spiro atoms. The summed E-state index contributed by atoms with van der Waals surface area (Å²) in [5, 5.41) is 8.61. The number of carbonyl (C=O) groups is 1. The number of Topliss-reactive ketones (excluding diaryl/α,β-unsaturated/α-hetero) is 1. The van der Waals surface area contributed by atoms with Crippen molar-refractivity contribution in [2.45, 2.75) is 77.7 Å². The van der Waals surface area contributed by atoms with E-state index < -0.39 is 0 Å². The van der Waals surface area contributed by atoms with Gasteiger partial charge in [0.25, 0.3) is 0 Å². The smallest absolute Gasteiger partial charge is 0.139 e. The van der Waals surface area contributed by atoms with E-state index in [2.05, 4.69) is 13.8 Å². The van der Waals surface area contributed by atoms with Gasteiger partial charge in [0.15, 0.2) is 0 Å². The summed E-state index contributed by atoms with van der Waals surface area (Å²) in [5.74, 6) is 3.50. The maximum Gasteiger partial charge on any atom is 0.139 e. The van der Waals surface area contributed by atoms with E-state index in [0.717, 1.165) is 43.4 Å². The number of aliphatic hydroxyl groups is 1. The molecule has 0 saturated heterocycles. The summed E-state index contributed by atoms with van der Waals surface area (Å²) in [6.45, 7) is 10.7. The van der Waals surface area contributed by atoms with E-state index in [0.29, 0.717) is 95.9 Å². The maximum atomic E-state index is 12.7. The fourth-order valence-corrected chi connectivity index (χ4v) is 8.46. The largest absolute Gasteiger partial charge is 0.394 e. The number of hydrogen-bond acceptors (Lipinski definition) is 8. The summed E-state index contributed by atoms with van der Waals surface area (Å²) in [6.07, 6.45) is 10.9. The van der Waals surface area contributed by atoms with Crippen LogP contribution in [0.2, 0.25) is 0 Å². The summed E-state index contributed by atoms with van der Waals surface area (Å²) < 4.78 is 33.5. The number of hydrogen-bond donors (Lipinski definition) is 1. The van der Waals surface area contributed by atoms with E-state index in [9.17, 15) is 4.79 Å². The first-order valence-corrected chi connectivity index (χ1v) is 15.6. The Hall–Kier alpha value is -0.610. The lowest BCUT2D eigenvalue weighted by atomic mass is 9.45. The van der Waals surface area contributed by atoms with Gasteiger partial charge < -0.3 is 33.5 Å². The van der Waals surface area contributed by atoms with Gasteiger partial charge >= 0.3 is 0 Å². The fourth-order valence-electron chi connectivity index (χ4n) is 8.46. The van der Waals surface area contributed by atoms with E-state index in [1.165, 1.54) is 32.1 Å². The minimum Gasteiger partial charge on any atom is -0.394 e. The number of carbonyl (C=O) groups excluding carboxylic acids is 1. The van der Waals surface area contributed by atoms with Crippen molar-refractivity contribution in [1.29, 1.82) is 0 Å². The summed E-state index contributed by atoms with van der Waals surface area (Å²) in [4.78, 5) is 12.7. The predicted molar refractivity (Wildman–Crippen MR) is 148 cm³/mol. The van der Waals surface area contributed by atoms with Crippen LogP contribution in [0.4, 0.5) is 0 Å². The zero-order valence-corrected chi connectivity index (χ0v) is 24.5. The van der Waals surface area contributed by atoms with E-state index in [4.69, 9.17) is 33.5 Å². The Kier molecular flexibility index (Phi) is 12.5. The van der Waals surface area contributed by atoms with Crippen LogP contribution in [0, 0.1) is 34.5 Å². The molecule has 4 aliphatic carbocycles. The van der Waals surface area contributed by atoms with Crippen LogP contribution >= 0.6 is 0 Å². The second-order valence-electron chi connectivity index (χ2n) is 12.6. The second kappa shape index (κ2) is 15.6. The van der Waals surface area contributed by atoms with E-state index in [1.807, 2.05) is 0 Å². The molecular formula is C31H54O8. The van der Waals surface area contributed by atoms with Crippen molar-refractivity contribution in [3.8, 4) is 0 Å². The Morgan fingerprint density at radius 1 is 0.692 bits per heavy atom. The van der Waals surface area contributed by atoms with Gasteiger partial charge in [0, 0.05) is 11.8 Å². The van der Waals surface area contributed by atoms with Crippen LogP contribution in [-0.4, -0.2) is 96.3 Å². The first-order valence-electron chi connectivity index (χ1n) is 15.6. The van der Waals surface area contributed by atoms with Gasteiger partial charge in [-0.3, -0.25) is 4.79 Å². The molecule has 0 unspecified atom stereocenters. The summed E-state index contributed by atoms with van der Waals surface area (Å²) in [6, 6.07) is 0. The standard InChI is InChI=1S/C31H54O8/c1-30-9-7-25(23-24(30)3-4-26-27-5-6-29(33)31(27,2)10-8-28(26)30)39-22-21-38-20-19-37-18-17-36-16-15-35-14-13-34-12-11-32/h24-28,32H,3-23H2,1-2H3/t24-,25-,26-,27-,28-,30-,31-/m0/s1. The van der Waals surface area contributed by atoms with Gasteiger partial charge in [0.1, 0.15) is 5.78 Å².